The third-order valence-electron chi connectivity index (χ3n) is 14.0. The zero-order valence-electron chi connectivity index (χ0n) is 33.8. The Bertz CT molecular complexity index is 3030. The van der Waals surface area contributed by atoms with Gasteiger partial charge in [0, 0.05) is 22.5 Å². The fourth-order valence-electron chi connectivity index (χ4n) is 11.6. The van der Waals surface area contributed by atoms with E-state index < -0.39 is 10.8 Å². The molecule has 0 N–H and O–H groups in total. The van der Waals surface area contributed by atoms with Crippen molar-refractivity contribution in [2.45, 2.75) is 30.1 Å². The van der Waals surface area contributed by atoms with Gasteiger partial charge in [-0.15, -0.1) is 0 Å². The first-order chi connectivity index (χ1) is 29.5. The van der Waals surface area contributed by atoms with E-state index in [-0.39, 0.29) is 5.41 Å². The van der Waals surface area contributed by atoms with Crippen molar-refractivity contribution in [2.75, 3.05) is 4.90 Å². The lowest BCUT2D eigenvalue weighted by Crippen LogP contribution is -2.40. The number of fused-ring (bicyclic) bond motifs is 12. The molecule has 1 heteroatoms. The Labute approximate surface area is 352 Å². The second kappa shape index (κ2) is 12.9. The Kier molecular flexibility index (Phi) is 7.47. The van der Waals surface area contributed by atoms with Crippen molar-refractivity contribution < 1.29 is 0 Å². The number of rotatable bonds is 5. The Balaban J connectivity index is 1.14. The molecule has 3 aliphatic rings. The maximum absolute atomic E-state index is 2.51. The average molecular weight is 766 g/mol. The normalized spacial score (nSPS) is 15.2. The maximum atomic E-state index is 2.51. The van der Waals surface area contributed by atoms with Crippen LogP contribution in [0.25, 0.3) is 22.3 Å². The zero-order valence-corrected chi connectivity index (χ0v) is 33.8. The third kappa shape index (κ3) is 4.52. The molecule has 12 rings (SSSR count). The van der Waals surface area contributed by atoms with Crippen LogP contribution in [0.5, 0.6) is 0 Å². The molecule has 0 amide bonds. The lowest BCUT2D eigenvalue weighted by molar-refractivity contribution is 0.563. The van der Waals surface area contributed by atoms with E-state index in [0.29, 0.717) is 0 Å². The topological polar surface area (TPSA) is 3.24 Å². The van der Waals surface area contributed by atoms with Crippen LogP contribution in [0.3, 0.4) is 0 Å². The molecule has 0 radical (unpaired) electrons. The van der Waals surface area contributed by atoms with Crippen LogP contribution in [0.15, 0.2) is 224 Å². The molecular weight excluding hydrogens is 723 g/mol. The molecule has 0 fully saturated rings. The summed E-state index contributed by atoms with van der Waals surface area (Å²) in [5, 5.41) is 0. The van der Waals surface area contributed by atoms with Gasteiger partial charge in [0.15, 0.2) is 0 Å². The van der Waals surface area contributed by atoms with Crippen molar-refractivity contribution >= 4 is 17.1 Å². The molecule has 0 unspecified atom stereocenters. The van der Waals surface area contributed by atoms with Crippen molar-refractivity contribution in [1.82, 2.24) is 0 Å². The first kappa shape index (κ1) is 34.8. The minimum absolute atomic E-state index is 0.157. The van der Waals surface area contributed by atoms with Crippen LogP contribution >= 0.6 is 0 Å². The minimum Gasteiger partial charge on any atom is -0.310 e. The highest BCUT2D eigenvalue weighted by Crippen LogP contribution is 2.63. The summed E-state index contributed by atoms with van der Waals surface area (Å²) in [5.41, 5.74) is 20.7. The summed E-state index contributed by atoms with van der Waals surface area (Å²) < 4.78 is 0. The molecule has 0 bridgehead atoms. The molecule has 0 aromatic heterocycles. The van der Waals surface area contributed by atoms with Gasteiger partial charge in [-0.1, -0.05) is 202 Å². The Morgan fingerprint density at radius 3 is 1.10 bits per heavy atom. The van der Waals surface area contributed by atoms with Gasteiger partial charge in [-0.25, -0.2) is 0 Å². The molecule has 9 aromatic carbocycles. The highest BCUT2D eigenvalue weighted by molar-refractivity contribution is 5.93. The van der Waals surface area contributed by atoms with Crippen LogP contribution in [-0.4, -0.2) is 0 Å². The van der Waals surface area contributed by atoms with Gasteiger partial charge >= 0.3 is 0 Å². The predicted octanol–water partition coefficient (Wildman–Crippen LogP) is 14.5. The van der Waals surface area contributed by atoms with Crippen molar-refractivity contribution in [3.63, 3.8) is 0 Å². The maximum Gasteiger partial charge on any atom is 0.0720 e. The predicted molar refractivity (Wildman–Crippen MR) is 248 cm³/mol. The molecule has 60 heavy (non-hydrogen) atoms. The number of hydrogen-bond acceptors (Lipinski definition) is 1. The van der Waals surface area contributed by atoms with E-state index in [2.05, 4.69) is 243 Å². The van der Waals surface area contributed by atoms with Crippen molar-refractivity contribution in [1.29, 1.82) is 0 Å². The number of anilines is 3. The highest BCUT2D eigenvalue weighted by Gasteiger charge is 2.53. The summed E-state index contributed by atoms with van der Waals surface area (Å²) in [6.45, 7) is 4.79. The van der Waals surface area contributed by atoms with Crippen LogP contribution in [0.4, 0.5) is 17.1 Å². The molecule has 1 nitrogen and oxygen atoms in total. The van der Waals surface area contributed by atoms with Gasteiger partial charge in [0.2, 0.25) is 0 Å². The van der Waals surface area contributed by atoms with E-state index in [9.17, 15) is 0 Å². The SMILES string of the molecule is CC1(C)c2ccccc2C2(c3ccccc3-c3ccc(N(c4ccccc4)c4ccc5c(c4)C(c4ccccc4)(c4ccccc4)c4ccccc4-5)cc32)c2ccccc21. The van der Waals surface area contributed by atoms with E-state index in [1.54, 1.807) is 0 Å². The van der Waals surface area contributed by atoms with Crippen molar-refractivity contribution in [2.24, 2.45) is 0 Å². The van der Waals surface area contributed by atoms with Gasteiger partial charge in [0.25, 0.3) is 0 Å². The fraction of sp³-hybridized carbons (Fsp3) is 0.0847. The summed E-state index contributed by atoms with van der Waals surface area (Å²) in [5.74, 6) is 0. The summed E-state index contributed by atoms with van der Waals surface area (Å²) >= 11 is 0. The van der Waals surface area contributed by atoms with E-state index in [4.69, 9.17) is 0 Å². The number of para-hydroxylation sites is 1. The molecular formula is C59H43N. The van der Waals surface area contributed by atoms with Crippen LogP contribution in [0.2, 0.25) is 0 Å². The van der Waals surface area contributed by atoms with Crippen LogP contribution < -0.4 is 4.90 Å². The molecule has 0 saturated carbocycles. The van der Waals surface area contributed by atoms with E-state index in [0.717, 1.165) is 17.1 Å². The summed E-state index contributed by atoms with van der Waals surface area (Å²) in [6, 6.07) is 84.1. The van der Waals surface area contributed by atoms with Gasteiger partial charge in [0.05, 0.1) is 10.8 Å². The quantitative estimate of drug-likeness (QED) is 0.169. The monoisotopic (exact) mass is 765 g/mol. The molecule has 284 valence electrons. The molecule has 0 heterocycles. The van der Waals surface area contributed by atoms with Crippen molar-refractivity contribution in [3.05, 3.63) is 280 Å². The average Bonchev–Trinajstić information content (AvgIpc) is 3.77. The minimum atomic E-state index is -0.501. The Morgan fingerprint density at radius 1 is 0.267 bits per heavy atom. The molecule has 0 aliphatic heterocycles. The summed E-state index contributed by atoms with van der Waals surface area (Å²) in [6.07, 6.45) is 0. The molecule has 0 saturated heterocycles. The van der Waals surface area contributed by atoms with Gasteiger partial charge < -0.3 is 4.90 Å². The largest absolute Gasteiger partial charge is 0.310 e. The smallest absolute Gasteiger partial charge is 0.0720 e. The highest BCUT2D eigenvalue weighted by atomic mass is 15.1. The lowest BCUT2D eigenvalue weighted by atomic mass is 9.55. The van der Waals surface area contributed by atoms with Gasteiger partial charge in [-0.05, 0) is 114 Å². The first-order valence-corrected chi connectivity index (χ1v) is 21.2. The second-order valence-electron chi connectivity index (χ2n) is 17.2. The Morgan fingerprint density at radius 2 is 0.617 bits per heavy atom. The second-order valence-corrected chi connectivity index (χ2v) is 17.2. The molecule has 0 atom stereocenters. The van der Waals surface area contributed by atoms with Crippen LogP contribution in [-0.2, 0) is 16.2 Å². The summed E-state index contributed by atoms with van der Waals surface area (Å²) in [4.78, 5) is 2.48. The number of nitrogens with zero attached hydrogens (tertiary/aromatic N) is 1. The van der Waals surface area contributed by atoms with Crippen LogP contribution in [0.1, 0.15) is 69.5 Å². The van der Waals surface area contributed by atoms with Gasteiger partial charge in [0.1, 0.15) is 0 Å². The molecule has 1 spiro atoms. The number of benzene rings is 9. The fourth-order valence-corrected chi connectivity index (χ4v) is 11.6. The number of hydrogen-bond donors (Lipinski definition) is 0. The third-order valence-corrected chi connectivity index (χ3v) is 14.0. The molecule has 9 aromatic rings. The van der Waals surface area contributed by atoms with Crippen LogP contribution in [0, 0.1) is 0 Å². The summed E-state index contributed by atoms with van der Waals surface area (Å²) in [7, 11) is 0. The lowest BCUT2D eigenvalue weighted by Gasteiger charge is -2.46. The van der Waals surface area contributed by atoms with E-state index >= 15 is 0 Å². The first-order valence-electron chi connectivity index (χ1n) is 21.2. The standard InChI is InChI=1S/C59H43N/c1-57(2)51-30-16-18-32-53(51)59(54-33-19-17-31-52(54)57)50-29-15-13-27-46(50)48-37-35-44(39-56(48)59)60(42-24-10-5-11-25-42)43-34-36-47-45-26-12-14-28-49(45)58(55(47)38-43,40-20-6-3-7-21-40)41-22-8-4-9-23-41/h3-39H,1-2H3. The van der Waals surface area contributed by atoms with E-state index in [1.165, 1.54) is 77.9 Å². The van der Waals surface area contributed by atoms with Gasteiger partial charge in [-0.3, -0.25) is 0 Å². The zero-order chi connectivity index (χ0) is 40.1. The van der Waals surface area contributed by atoms with Gasteiger partial charge in [-0.2, -0.15) is 0 Å². The van der Waals surface area contributed by atoms with Crippen molar-refractivity contribution in [3.8, 4) is 22.3 Å². The Hall–Kier alpha value is -7.22. The van der Waals surface area contributed by atoms with E-state index in [1.807, 2.05) is 0 Å². The molecule has 3 aliphatic carbocycles.